The number of hydrogen-bond donors (Lipinski definition) is 1. The van der Waals surface area contributed by atoms with Crippen LogP contribution >= 0.6 is 80.6 Å². The van der Waals surface area contributed by atoms with Crippen LogP contribution in [-0.4, -0.2) is 23.5 Å². The first-order chi connectivity index (χ1) is 17.7. The first-order valence-electron chi connectivity index (χ1n) is 10.9. The van der Waals surface area contributed by atoms with E-state index in [4.69, 9.17) is 44.9 Å². The third-order valence-electron chi connectivity index (χ3n) is 5.21. The number of nitrogens with zero attached hydrogens (tertiary/aromatic N) is 1. The van der Waals surface area contributed by atoms with Gasteiger partial charge in [-0.3, -0.25) is 19.8 Å². The minimum absolute atomic E-state index is 0.0831. The lowest BCUT2D eigenvalue weighted by Gasteiger charge is -2.29. The molecular formula is C26H18Cl2I2N2O4S. The quantitative estimate of drug-likeness (QED) is 0.121. The number of amides is 2. The second-order valence-electron chi connectivity index (χ2n) is 7.71. The Morgan fingerprint density at radius 1 is 1.05 bits per heavy atom. The second kappa shape index (κ2) is 12.3. The molecule has 0 unspecified atom stereocenters. The van der Waals surface area contributed by atoms with Gasteiger partial charge in [0.2, 0.25) is 0 Å². The summed E-state index contributed by atoms with van der Waals surface area (Å²) in [5.41, 5.74) is 1.76. The molecule has 3 aromatic rings. The number of rotatable bonds is 7. The minimum atomic E-state index is -0.620. The number of nitrogens with one attached hydrogen (secondary N) is 1. The molecule has 0 atom stereocenters. The zero-order valence-corrected chi connectivity index (χ0v) is 25.8. The number of benzene rings is 3. The molecule has 4 rings (SSSR count). The maximum atomic E-state index is 13.4. The van der Waals surface area contributed by atoms with Crippen LogP contribution in [0.5, 0.6) is 11.5 Å². The molecule has 0 aliphatic carbocycles. The molecule has 0 radical (unpaired) electrons. The first kappa shape index (κ1) is 28.1. The highest BCUT2D eigenvalue weighted by Crippen LogP contribution is 2.37. The summed E-state index contributed by atoms with van der Waals surface area (Å²) in [6.07, 6.45) is 1.48. The summed E-state index contributed by atoms with van der Waals surface area (Å²) in [6, 6.07) is 16.4. The Balaban J connectivity index is 1.67. The number of carbonyl (C=O) groups excluding carboxylic acids is 2. The Labute approximate surface area is 256 Å². The lowest BCUT2D eigenvalue weighted by atomic mass is 10.1. The van der Waals surface area contributed by atoms with Crippen molar-refractivity contribution in [3.8, 4) is 11.5 Å². The molecule has 37 heavy (non-hydrogen) atoms. The molecule has 190 valence electrons. The van der Waals surface area contributed by atoms with E-state index in [1.807, 2.05) is 37.3 Å². The van der Waals surface area contributed by atoms with E-state index in [-0.39, 0.29) is 26.4 Å². The van der Waals surface area contributed by atoms with Gasteiger partial charge in [-0.1, -0.05) is 41.4 Å². The van der Waals surface area contributed by atoms with Gasteiger partial charge in [-0.05, 0) is 118 Å². The third kappa shape index (κ3) is 6.39. The van der Waals surface area contributed by atoms with Crippen LogP contribution in [0.4, 0.5) is 5.69 Å². The molecule has 1 aliphatic heterocycles. The van der Waals surface area contributed by atoms with Crippen molar-refractivity contribution in [3.05, 3.63) is 88.5 Å². The van der Waals surface area contributed by atoms with Gasteiger partial charge in [-0.15, -0.1) is 0 Å². The summed E-state index contributed by atoms with van der Waals surface area (Å²) in [6.45, 7) is 2.64. The fourth-order valence-corrected chi connectivity index (χ4v) is 5.31. The summed E-state index contributed by atoms with van der Waals surface area (Å²) < 4.78 is 13.8. The monoisotopic (exact) mass is 778 g/mol. The molecular weight excluding hydrogens is 761 g/mol. The SMILES string of the molecule is CCOc1cc(/C=C2\C(=O)NC(=S)N(c3cccc(Cl)c3Cl)C2=O)cc(I)c1OCc1ccc(I)cc1. The van der Waals surface area contributed by atoms with Gasteiger partial charge in [0.25, 0.3) is 11.8 Å². The maximum Gasteiger partial charge on any atom is 0.270 e. The number of hydrogen-bond acceptors (Lipinski definition) is 5. The maximum absolute atomic E-state index is 13.4. The summed E-state index contributed by atoms with van der Waals surface area (Å²) in [4.78, 5) is 27.3. The Bertz CT molecular complexity index is 1430. The zero-order valence-electron chi connectivity index (χ0n) is 19.2. The van der Waals surface area contributed by atoms with Crippen LogP contribution in [-0.2, 0) is 16.2 Å². The molecule has 1 aliphatic rings. The van der Waals surface area contributed by atoms with Gasteiger partial charge < -0.3 is 9.47 Å². The van der Waals surface area contributed by atoms with Crippen LogP contribution in [0.1, 0.15) is 18.1 Å². The third-order valence-corrected chi connectivity index (χ3v) is 7.83. The standard InChI is InChI=1S/C26H18Cl2I2N2O4S/c1-2-35-21-12-15(11-19(30)23(21)36-13-14-6-8-16(29)9-7-14)10-17-24(33)31-26(37)32(25(17)34)20-5-3-4-18(27)22(20)28/h3-12H,2,13H2,1H3,(H,31,33,37)/b17-10+. The van der Waals surface area contributed by atoms with Gasteiger partial charge in [0.15, 0.2) is 16.6 Å². The van der Waals surface area contributed by atoms with Crippen molar-refractivity contribution in [1.82, 2.24) is 5.32 Å². The van der Waals surface area contributed by atoms with E-state index in [1.165, 1.54) is 6.08 Å². The van der Waals surface area contributed by atoms with E-state index in [9.17, 15) is 9.59 Å². The highest BCUT2D eigenvalue weighted by molar-refractivity contribution is 14.1. The van der Waals surface area contributed by atoms with E-state index in [2.05, 4.69) is 50.5 Å². The molecule has 11 heteroatoms. The van der Waals surface area contributed by atoms with Crippen LogP contribution in [0.2, 0.25) is 10.0 Å². The van der Waals surface area contributed by atoms with Gasteiger partial charge in [0.05, 0.1) is 25.9 Å². The number of halogens is 4. The van der Waals surface area contributed by atoms with E-state index in [0.29, 0.717) is 30.3 Å². The number of carbonyl (C=O) groups is 2. The van der Waals surface area contributed by atoms with E-state index < -0.39 is 11.8 Å². The molecule has 1 heterocycles. The smallest absolute Gasteiger partial charge is 0.270 e. The number of anilines is 1. The average Bonchev–Trinajstić information content (AvgIpc) is 2.85. The van der Waals surface area contributed by atoms with Gasteiger partial charge in [0.1, 0.15) is 12.2 Å². The van der Waals surface area contributed by atoms with Gasteiger partial charge >= 0.3 is 0 Å². The van der Waals surface area contributed by atoms with Crippen LogP contribution < -0.4 is 19.7 Å². The summed E-state index contributed by atoms with van der Waals surface area (Å²) in [5.74, 6) is -0.155. The first-order valence-corrected chi connectivity index (χ1v) is 14.2. The van der Waals surface area contributed by atoms with Crippen molar-refractivity contribution in [3.63, 3.8) is 0 Å². The zero-order chi connectivity index (χ0) is 26.7. The second-order valence-corrected chi connectivity index (χ2v) is 11.3. The largest absolute Gasteiger partial charge is 0.490 e. The molecule has 2 amide bonds. The van der Waals surface area contributed by atoms with Gasteiger partial charge in [-0.2, -0.15) is 0 Å². The summed E-state index contributed by atoms with van der Waals surface area (Å²) in [7, 11) is 0. The molecule has 0 aromatic heterocycles. The number of ether oxygens (including phenoxy) is 2. The van der Waals surface area contributed by atoms with Crippen molar-refractivity contribution in [2.75, 3.05) is 11.5 Å². The van der Waals surface area contributed by atoms with Crippen LogP contribution in [0.15, 0.2) is 60.2 Å². The van der Waals surface area contributed by atoms with E-state index >= 15 is 0 Å². The number of thiocarbonyl (C=S) groups is 1. The molecule has 6 nitrogen and oxygen atoms in total. The lowest BCUT2D eigenvalue weighted by Crippen LogP contribution is -2.54. The predicted octanol–water partition coefficient (Wildman–Crippen LogP) is 7.01. The van der Waals surface area contributed by atoms with Gasteiger partial charge in [0, 0.05) is 3.57 Å². The van der Waals surface area contributed by atoms with E-state index in [1.54, 1.807) is 24.3 Å². The van der Waals surface area contributed by atoms with Crippen molar-refractivity contribution in [2.45, 2.75) is 13.5 Å². The highest BCUT2D eigenvalue weighted by Gasteiger charge is 2.35. The topological polar surface area (TPSA) is 67.9 Å². The minimum Gasteiger partial charge on any atom is -0.490 e. The molecule has 0 spiro atoms. The molecule has 1 fully saturated rings. The summed E-state index contributed by atoms with van der Waals surface area (Å²) >= 11 is 22.1. The summed E-state index contributed by atoms with van der Waals surface area (Å²) in [5, 5.41) is 2.88. The van der Waals surface area contributed by atoms with Crippen molar-refractivity contribution in [1.29, 1.82) is 0 Å². The Kier molecular flexibility index (Phi) is 9.33. The van der Waals surface area contributed by atoms with Crippen LogP contribution in [0.3, 0.4) is 0 Å². The molecule has 0 saturated carbocycles. The Hall–Kier alpha value is -1.93. The van der Waals surface area contributed by atoms with Crippen molar-refractivity contribution >= 4 is 109 Å². The highest BCUT2D eigenvalue weighted by atomic mass is 127. The van der Waals surface area contributed by atoms with Crippen LogP contribution in [0.25, 0.3) is 6.08 Å². The Morgan fingerprint density at radius 3 is 2.49 bits per heavy atom. The fraction of sp³-hybridized carbons (Fsp3) is 0.115. The molecule has 0 bridgehead atoms. The van der Waals surface area contributed by atoms with E-state index in [0.717, 1.165) is 17.6 Å². The molecule has 1 saturated heterocycles. The fourth-order valence-electron chi connectivity index (χ4n) is 3.52. The predicted molar refractivity (Wildman–Crippen MR) is 166 cm³/mol. The average molecular weight is 779 g/mol. The lowest BCUT2D eigenvalue weighted by molar-refractivity contribution is -0.122. The van der Waals surface area contributed by atoms with Crippen LogP contribution in [0, 0.1) is 7.14 Å². The molecule has 3 aromatic carbocycles. The molecule has 1 N–H and O–H groups in total. The van der Waals surface area contributed by atoms with Crippen molar-refractivity contribution in [2.24, 2.45) is 0 Å². The van der Waals surface area contributed by atoms with Crippen molar-refractivity contribution < 1.29 is 19.1 Å². The van der Waals surface area contributed by atoms with Gasteiger partial charge in [-0.25, -0.2) is 0 Å². The Morgan fingerprint density at radius 2 is 1.78 bits per heavy atom. The normalized spacial score (nSPS) is 14.7.